The highest BCUT2D eigenvalue weighted by atomic mass is 35.5. The molecule has 138 valence electrons. The first-order valence-corrected chi connectivity index (χ1v) is 8.13. The first-order chi connectivity index (χ1) is 12.3. The number of nitrogens with zero attached hydrogens (tertiary/aromatic N) is 2. The van der Waals surface area contributed by atoms with Crippen LogP contribution >= 0.6 is 11.6 Å². The predicted molar refractivity (Wildman–Crippen MR) is 94.2 cm³/mol. The van der Waals surface area contributed by atoms with E-state index in [1.54, 1.807) is 13.0 Å². The number of hydrogen-bond donors (Lipinski definition) is 0. The Morgan fingerprint density at radius 3 is 2.54 bits per heavy atom. The summed E-state index contributed by atoms with van der Waals surface area (Å²) in [5.74, 6) is -3.19. The Morgan fingerprint density at radius 1 is 1.31 bits per heavy atom. The highest BCUT2D eigenvalue weighted by Crippen LogP contribution is 2.41. The number of alkyl halides is 1. The average molecular weight is 381 g/mol. The first kappa shape index (κ1) is 19.6. The third-order valence-electron chi connectivity index (χ3n) is 4.14. The largest absolute Gasteiger partial charge is 0.468 e. The minimum absolute atomic E-state index is 0.0822. The van der Waals surface area contributed by atoms with Crippen molar-refractivity contribution in [1.29, 1.82) is 0 Å². The molecule has 0 saturated carbocycles. The summed E-state index contributed by atoms with van der Waals surface area (Å²) in [6.45, 7) is 1.62. The predicted octanol–water partition coefficient (Wildman–Crippen LogP) is 2.61. The minimum Gasteiger partial charge on any atom is -0.468 e. The molecule has 1 aliphatic heterocycles. The molecule has 0 aliphatic carbocycles. The molecular weight excluding hydrogens is 364 g/mol. The summed E-state index contributed by atoms with van der Waals surface area (Å²) in [7, 11) is 2.42. The standard InChI is InChI=1S/C17H17ClN2O6/c1-9-13(16(21)25-2)14(10-5-4-6-11(7-10)20(23)24)15(17(22)26-3)12(8-18)19-9/h4-7,13-14H,8H2,1-3H3/t13?,14-/m0/s1. The Kier molecular flexibility index (Phi) is 6.10. The first-order valence-electron chi connectivity index (χ1n) is 7.60. The third-order valence-corrected chi connectivity index (χ3v) is 4.40. The van der Waals surface area contributed by atoms with E-state index in [0.717, 1.165) is 0 Å². The van der Waals surface area contributed by atoms with Crippen molar-refractivity contribution in [2.24, 2.45) is 10.9 Å². The van der Waals surface area contributed by atoms with Crippen LogP contribution in [0.25, 0.3) is 0 Å². The SMILES string of the molecule is COC(=O)C1=C(CCl)N=C(C)C(C(=O)OC)[C@@H]1c1cccc([N+](=O)[O-])c1. The van der Waals surface area contributed by atoms with Gasteiger partial charge in [-0.05, 0) is 12.5 Å². The number of esters is 2. The number of allylic oxidation sites excluding steroid dienone is 1. The lowest BCUT2D eigenvalue weighted by atomic mass is 9.75. The maximum atomic E-state index is 12.4. The molecule has 1 unspecified atom stereocenters. The van der Waals surface area contributed by atoms with E-state index in [9.17, 15) is 19.7 Å². The van der Waals surface area contributed by atoms with E-state index in [2.05, 4.69) is 4.99 Å². The number of ether oxygens (including phenoxy) is 2. The van der Waals surface area contributed by atoms with Crippen molar-refractivity contribution in [3.8, 4) is 0 Å². The molecule has 0 saturated heterocycles. The van der Waals surface area contributed by atoms with Gasteiger partial charge in [-0.15, -0.1) is 11.6 Å². The van der Waals surface area contributed by atoms with Gasteiger partial charge in [0.1, 0.15) is 5.92 Å². The number of rotatable bonds is 5. The monoisotopic (exact) mass is 380 g/mol. The van der Waals surface area contributed by atoms with E-state index >= 15 is 0 Å². The lowest BCUT2D eigenvalue weighted by molar-refractivity contribution is -0.384. The van der Waals surface area contributed by atoms with Gasteiger partial charge >= 0.3 is 11.9 Å². The van der Waals surface area contributed by atoms with Crippen LogP contribution in [0.4, 0.5) is 5.69 Å². The molecule has 8 nitrogen and oxygen atoms in total. The number of benzene rings is 1. The van der Waals surface area contributed by atoms with Crippen molar-refractivity contribution in [2.45, 2.75) is 12.8 Å². The molecular formula is C17H17ClN2O6. The topological polar surface area (TPSA) is 108 Å². The summed E-state index contributed by atoms with van der Waals surface area (Å²) in [4.78, 5) is 39.6. The van der Waals surface area contributed by atoms with Crippen LogP contribution in [0.5, 0.6) is 0 Å². The number of carbonyl (C=O) groups excluding carboxylic acids is 2. The number of nitro benzene ring substituents is 1. The second-order valence-corrected chi connectivity index (χ2v) is 5.84. The highest BCUT2D eigenvalue weighted by Gasteiger charge is 2.43. The summed E-state index contributed by atoms with van der Waals surface area (Å²) in [6.07, 6.45) is 0. The van der Waals surface area contributed by atoms with Crippen LogP contribution in [-0.4, -0.2) is 42.7 Å². The van der Waals surface area contributed by atoms with Gasteiger partial charge in [0.2, 0.25) is 0 Å². The van der Waals surface area contributed by atoms with E-state index in [4.69, 9.17) is 21.1 Å². The van der Waals surface area contributed by atoms with Crippen LogP contribution in [0.1, 0.15) is 18.4 Å². The fourth-order valence-electron chi connectivity index (χ4n) is 3.01. The molecule has 0 fully saturated rings. The molecule has 1 aliphatic rings. The van der Waals surface area contributed by atoms with Crippen LogP contribution in [0.15, 0.2) is 40.5 Å². The second kappa shape index (κ2) is 8.09. The Bertz CT molecular complexity index is 817. The van der Waals surface area contributed by atoms with Crippen LogP contribution in [-0.2, 0) is 19.1 Å². The molecule has 9 heteroatoms. The normalized spacial score (nSPS) is 19.6. The Hall–Kier alpha value is -2.74. The highest BCUT2D eigenvalue weighted by molar-refractivity contribution is 6.20. The molecule has 2 rings (SSSR count). The fourth-order valence-corrected chi connectivity index (χ4v) is 3.21. The molecule has 0 N–H and O–H groups in total. The molecule has 26 heavy (non-hydrogen) atoms. The van der Waals surface area contributed by atoms with E-state index in [-0.39, 0.29) is 22.8 Å². The summed E-state index contributed by atoms with van der Waals surface area (Å²) >= 11 is 5.94. The van der Waals surface area contributed by atoms with Crippen molar-refractivity contribution < 1.29 is 24.0 Å². The number of hydrogen-bond acceptors (Lipinski definition) is 7. The molecule has 0 amide bonds. The molecule has 1 aromatic rings. The summed E-state index contributed by atoms with van der Waals surface area (Å²) in [5.41, 5.74) is 0.975. The van der Waals surface area contributed by atoms with Crippen LogP contribution < -0.4 is 0 Å². The van der Waals surface area contributed by atoms with Crippen molar-refractivity contribution in [1.82, 2.24) is 0 Å². The van der Waals surface area contributed by atoms with Crippen molar-refractivity contribution >= 4 is 34.9 Å². The summed E-state index contributed by atoms with van der Waals surface area (Å²) < 4.78 is 9.70. The van der Waals surface area contributed by atoms with E-state index in [1.807, 2.05) is 0 Å². The van der Waals surface area contributed by atoms with Gasteiger partial charge in [0.15, 0.2) is 0 Å². The number of aliphatic imine (C=N–C) groups is 1. The Morgan fingerprint density at radius 2 is 2.00 bits per heavy atom. The lowest BCUT2D eigenvalue weighted by Crippen LogP contribution is -2.36. The second-order valence-electron chi connectivity index (χ2n) is 5.57. The molecule has 0 aromatic heterocycles. The summed E-state index contributed by atoms with van der Waals surface area (Å²) in [5, 5.41) is 11.1. The maximum absolute atomic E-state index is 12.4. The summed E-state index contributed by atoms with van der Waals surface area (Å²) in [6, 6.07) is 5.72. The van der Waals surface area contributed by atoms with Crippen LogP contribution in [0.2, 0.25) is 0 Å². The zero-order valence-electron chi connectivity index (χ0n) is 14.4. The average Bonchev–Trinajstić information content (AvgIpc) is 2.65. The van der Waals surface area contributed by atoms with E-state index in [0.29, 0.717) is 11.3 Å². The fraction of sp³-hybridized carbons (Fsp3) is 0.353. The van der Waals surface area contributed by atoms with Gasteiger partial charge in [0, 0.05) is 23.8 Å². The quantitative estimate of drug-likeness (QED) is 0.336. The maximum Gasteiger partial charge on any atom is 0.336 e. The van der Waals surface area contributed by atoms with E-state index < -0.39 is 28.7 Å². The molecule has 1 aromatic carbocycles. The van der Waals surface area contributed by atoms with Gasteiger partial charge in [0.25, 0.3) is 5.69 Å². The number of carbonyl (C=O) groups is 2. The Balaban J connectivity index is 2.75. The van der Waals surface area contributed by atoms with Crippen LogP contribution in [0, 0.1) is 16.0 Å². The number of halogens is 1. The molecule has 0 radical (unpaired) electrons. The molecule has 0 spiro atoms. The van der Waals surface area contributed by atoms with E-state index in [1.165, 1.54) is 32.4 Å². The zero-order chi connectivity index (χ0) is 19.4. The van der Waals surface area contributed by atoms with Gasteiger partial charge in [-0.1, -0.05) is 12.1 Å². The van der Waals surface area contributed by atoms with Crippen LogP contribution in [0.3, 0.4) is 0 Å². The van der Waals surface area contributed by atoms with Gasteiger partial charge < -0.3 is 9.47 Å². The minimum atomic E-state index is -0.928. The van der Waals surface area contributed by atoms with Crippen molar-refractivity contribution in [3.63, 3.8) is 0 Å². The molecule has 2 atom stereocenters. The zero-order valence-corrected chi connectivity index (χ0v) is 15.1. The molecule has 0 bridgehead atoms. The number of non-ortho nitro benzene ring substituents is 1. The van der Waals surface area contributed by atoms with Gasteiger partial charge in [0.05, 0.1) is 36.3 Å². The number of methoxy groups -OCH3 is 2. The van der Waals surface area contributed by atoms with Gasteiger partial charge in [-0.25, -0.2) is 4.79 Å². The van der Waals surface area contributed by atoms with Gasteiger partial charge in [-0.3, -0.25) is 19.9 Å². The lowest BCUT2D eigenvalue weighted by Gasteiger charge is -2.31. The van der Waals surface area contributed by atoms with Gasteiger partial charge in [-0.2, -0.15) is 0 Å². The molecule has 1 heterocycles. The third kappa shape index (κ3) is 3.60. The Labute approximate surface area is 154 Å². The van der Waals surface area contributed by atoms with Crippen molar-refractivity contribution in [3.05, 3.63) is 51.2 Å². The number of nitro groups is 1. The smallest absolute Gasteiger partial charge is 0.336 e. The van der Waals surface area contributed by atoms with Crippen molar-refractivity contribution in [2.75, 3.05) is 20.1 Å².